The van der Waals surface area contributed by atoms with E-state index in [0.717, 1.165) is 31.5 Å². The average molecular weight is 592 g/mol. The van der Waals surface area contributed by atoms with Crippen LogP contribution >= 0.6 is 34.3 Å². The lowest BCUT2D eigenvalue weighted by Gasteiger charge is -2.10. The van der Waals surface area contributed by atoms with E-state index in [1.54, 1.807) is 11.3 Å². The van der Waals surface area contributed by atoms with Crippen LogP contribution in [0.25, 0.3) is 89.8 Å². The number of benzene rings is 6. The first-order valence-corrected chi connectivity index (χ1v) is 15.8. The maximum atomic E-state index is 7.09. The Balaban J connectivity index is 1.46. The van der Waals surface area contributed by atoms with E-state index >= 15 is 0 Å². The standard InChI is InChI=1S/C36H18ClN3S2/c37-34-35(39-36-31(38-34)24-14-6-8-16-27(24)42-36)40-26-15-7-5-13-23(26)29-21-11-3-4-12-22(21)30-25-17-19-9-1-2-10-20(19)18-28(25)41-33(30)32(29)40/h1-18H. The van der Waals surface area contributed by atoms with Crippen molar-refractivity contribution in [2.24, 2.45) is 0 Å². The van der Waals surface area contributed by atoms with Crippen LogP contribution in [0, 0.1) is 0 Å². The number of hydrogen-bond acceptors (Lipinski definition) is 4. The highest BCUT2D eigenvalue weighted by Gasteiger charge is 2.24. The summed E-state index contributed by atoms with van der Waals surface area (Å²) in [5.41, 5.74) is 3.06. The monoisotopic (exact) mass is 591 g/mol. The van der Waals surface area contributed by atoms with Gasteiger partial charge in [-0.15, -0.1) is 22.7 Å². The number of fused-ring (bicyclic) bond motifs is 14. The summed E-state index contributed by atoms with van der Waals surface area (Å²) in [7, 11) is 0. The first-order valence-electron chi connectivity index (χ1n) is 13.8. The molecule has 0 saturated heterocycles. The van der Waals surface area contributed by atoms with Gasteiger partial charge in [-0.25, -0.2) is 9.97 Å². The van der Waals surface area contributed by atoms with Crippen molar-refractivity contribution in [3.8, 4) is 5.82 Å². The van der Waals surface area contributed by atoms with Gasteiger partial charge in [0.1, 0.15) is 10.3 Å². The number of rotatable bonds is 1. The van der Waals surface area contributed by atoms with Gasteiger partial charge < -0.3 is 0 Å². The fourth-order valence-corrected chi connectivity index (χ4v) is 9.23. The van der Waals surface area contributed by atoms with Gasteiger partial charge >= 0.3 is 0 Å². The summed E-state index contributed by atoms with van der Waals surface area (Å²) in [6, 6.07) is 39.0. The molecule has 10 rings (SSSR count). The van der Waals surface area contributed by atoms with Crippen LogP contribution in [0.4, 0.5) is 0 Å². The van der Waals surface area contributed by atoms with Gasteiger partial charge in [0.05, 0.1) is 15.7 Å². The minimum Gasteiger partial charge on any atom is -0.290 e. The molecule has 0 bridgehead atoms. The van der Waals surface area contributed by atoms with Crippen LogP contribution in [0.2, 0.25) is 5.15 Å². The van der Waals surface area contributed by atoms with Crippen LogP contribution in [0.1, 0.15) is 0 Å². The SMILES string of the molecule is Clc1nc2c(nc1-n1c3ccccc3c3c4ccccc4c4c5cc6ccccc6cc5sc4c31)sc1ccccc12. The van der Waals surface area contributed by atoms with Crippen LogP contribution in [-0.4, -0.2) is 14.5 Å². The fraction of sp³-hybridized carbons (Fsp3) is 0. The number of hydrogen-bond donors (Lipinski definition) is 0. The molecule has 4 aromatic heterocycles. The summed E-state index contributed by atoms with van der Waals surface area (Å²) in [5.74, 6) is 0.668. The van der Waals surface area contributed by atoms with Gasteiger partial charge in [0.25, 0.3) is 0 Å². The van der Waals surface area contributed by atoms with Gasteiger partial charge in [-0.2, -0.15) is 0 Å². The van der Waals surface area contributed by atoms with Crippen molar-refractivity contribution >= 4 is 118 Å². The number of thiophene rings is 2. The van der Waals surface area contributed by atoms with Crippen LogP contribution in [-0.2, 0) is 0 Å². The largest absolute Gasteiger partial charge is 0.290 e. The summed E-state index contributed by atoms with van der Waals surface area (Å²) in [4.78, 5) is 11.1. The minimum atomic E-state index is 0.405. The van der Waals surface area contributed by atoms with E-state index in [4.69, 9.17) is 21.6 Å². The normalized spacial score (nSPS) is 12.4. The van der Waals surface area contributed by atoms with Gasteiger partial charge in [0, 0.05) is 36.3 Å². The van der Waals surface area contributed by atoms with Gasteiger partial charge in [0.15, 0.2) is 11.0 Å². The summed E-state index contributed by atoms with van der Waals surface area (Å²) >= 11 is 10.6. The number of nitrogens with zero attached hydrogens (tertiary/aromatic N) is 3. The molecule has 0 radical (unpaired) electrons. The lowest BCUT2D eigenvalue weighted by atomic mass is 9.98. The first kappa shape index (κ1) is 23.1. The summed E-state index contributed by atoms with van der Waals surface area (Å²) in [6.45, 7) is 0. The average Bonchev–Trinajstić information content (AvgIpc) is 3.69. The van der Waals surface area contributed by atoms with Crippen LogP contribution in [0.3, 0.4) is 0 Å². The molecule has 42 heavy (non-hydrogen) atoms. The molecule has 6 heteroatoms. The lowest BCUT2D eigenvalue weighted by Crippen LogP contribution is -2.00. The van der Waals surface area contributed by atoms with E-state index in [1.807, 2.05) is 17.4 Å². The van der Waals surface area contributed by atoms with Crippen molar-refractivity contribution in [2.45, 2.75) is 0 Å². The molecule has 0 amide bonds. The summed E-state index contributed by atoms with van der Waals surface area (Å²) < 4.78 is 5.93. The van der Waals surface area contributed by atoms with E-state index in [9.17, 15) is 0 Å². The highest BCUT2D eigenvalue weighted by molar-refractivity contribution is 7.27. The van der Waals surface area contributed by atoms with E-state index in [2.05, 4.69) is 108 Å². The maximum Gasteiger partial charge on any atom is 0.177 e. The van der Waals surface area contributed by atoms with Crippen LogP contribution in [0.5, 0.6) is 0 Å². The zero-order chi connectivity index (χ0) is 27.5. The zero-order valence-corrected chi connectivity index (χ0v) is 24.3. The smallest absolute Gasteiger partial charge is 0.177 e. The maximum absolute atomic E-state index is 7.09. The predicted octanol–water partition coefficient (Wildman–Crippen LogP) is 11.3. The van der Waals surface area contributed by atoms with E-state index in [0.29, 0.717) is 11.0 Å². The van der Waals surface area contributed by atoms with Crippen molar-refractivity contribution < 1.29 is 0 Å². The third kappa shape index (κ3) is 2.95. The highest BCUT2D eigenvalue weighted by Crippen LogP contribution is 2.49. The molecular weight excluding hydrogens is 574 g/mol. The number of para-hydroxylation sites is 1. The fourth-order valence-electron chi connectivity index (χ4n) is 6.72. The highest BCUT2D eigenvalue weighted by atomic mass is 35.5. The third-order valence-corrected chi connectivity index (χ3v) is 10.9. The summed E-state index contributed by atoms with van der Waals surface area (Å²) in [6.07, 6.45) is 0. The molecule has 0 aliphatic carbocycles. The second-order valence-electron chi connectivity index (χ2n) is 10.7. The van der Waals surface area contributed by atoms with Crippen LogP contribution < -0.4 is 0 Å². The molecule has 0 aliphatic rings. The molecule has 10 aromatic rings. The van der Waals surface area contributed by atoms with Crippen molar-refractivity contribution in [1.82, 2.24) is 14.5 Å². The molecule has 6 aromatic carbocycles. The topological polar surface area (TPSA) is 30.7 Å². The summed E-state index contributed by atoms with van der Waals surface area (Å²) in [5, 5.41) is 11.5. The minimum absolute atomic E-state index is 0.405. The van der Waals surface area contributed by atoms with Crippen molar-refractivity contribution in [1.29, 1.82) is 0 Å². The van der Waals surface area contributed by atoms with Crippen LogP contribution in [0.15, 0.2) is 109 Å². The van der Waals surface area contributed by atoms with E-state index < -0.39 is 0 Å². The predicted molar refractivity (Wildman–Crippen MR) is 182 cm³/mol. The number of halogens is 1. The molecule has 196 valence electrons. The van der Waals surface area contributed by atoms with E-state index in [1.165, 1.54) is 52.5 Å². The van der Waals surface area contributed by atoms with Gasteiger partial charge in [-0.05, 0) is 45.8 Å². The van der Waals surface area contributed by atoms with Gasteiger partial charge in [-0.3, -0.25) is 4.57 Å². The quantitative estimate of drug-likeness (QED) is 0.190. The Morgan fingerprint density at radius 3 is 2.07 bits per heavy atom. The van der Waals surface area contributed by atoms with Gasteiger partial charge in [-0.1, -0.05) is 96.5 Å². The Kier molecular flexibility index (Phi) is 4.54. The Labute approximate surface area is 251 Å². The first-order chi connectivity index (χ1) is 20.7. The Hall–Kier alpha value is -4.55. The van der Waals surface area contributed by atoms with Crippen molar-refractivity contribution in [2.75, 3.05) is 0 Å². The molecule has 3 nitrogen and oxygen atoms in total. The van der Waals surface area contributed by atoms with Crippen molar-refractivity contribution in [3.63, 3.8) is 0 Å². The molecular formula is C36H18ClN3S2. The second kappa shape index (κ2) is 8.26. The molecule has 0 saturated carbocycles. The second-order valence-corrected chi connectivity index (χ2v) is 13.2. The molecule has 0 N–H and O–H groups in total. The van der Waals surface area contributed by atoms with E-state index in [-0.39, 0.29) is 0 Å². The molecule has 0 unspecified atom stereocenters. The Morgan fingerprint density at radius 2 is 1.24 bits per heavy atom. The molecule has 4 heterocycles. The lowest BCUT2D eigenvalue weighted by molar-refractivity contribution is 1.09. The molecule has 0 fully saturated rings. The van der Waals surface area contributed by atoms with Gasteiger partial charge in [0.2, 0.25) is 0 Å². The third-order valence-electron chi connectivity index (χ3n) is 8.48. The number of aromatic nitrogens is 3. The Morgan fingerprint density at radius 1 is 0.571 bits per heavy atom. The van der Waals surface area contributed by atoms with Crippen molar-refractivity contribution in [3.05, 3.63) is 114 Å². The zero-order valence-electron chi connectivity index (χ0n) is 21.9. The molecule has 0 spiro atoms. The molecule has 0 aliphatic heterocycles. The Bertz CT molecular complexity index is 2770. The molecule has 0 atom stereocenters.